The molecular formula is C23H33N3O3S. The minimum atomic E-state index is 0.588. The molecule has 0 spiro atoms. The summed E-state index contributed by atoms with van der Waals surface area (Å²) < 4.78 is 18.6. The lowest BCUT2D eigenvalue weighted by Crippen LogP contribution is -2.19. The van der Waals surface area contributed by atoms with Gasteiger partial charge in [0.25, 0.3) is 0 Å². The van der Waals surface area contributed by atoms with Crippen LogP contribution in [0.2, 0.25) is 0 Å². The van der Waals surface area contributed by atoms with Gasteiger partial charge in [0.2, 0.25) is 10.6 Å². The minimum Gasteiger partial charge on any atom is -0.493 e. The van der Waals surface area contributed by atoms with Crippen molar-refractivity contribution in [1.82, 2.24) is 4.68 Å². The molecule has 1 aromatic heterocycles. The Hall–Kier alpha value is -2.28. The summed E-state index contributed by atoms with van der Waals surface area (Å²) in [7, 11) is 4.88. The summed E-state index contributed by atoms with van der Waals surface area (Å²) in [5.74, 6) is 2.69. The van der Waals surface area contributed by atoms with Gasteiger partial charge in [0.1, 0.15) is 0 Å². The zero-order chi connectivity index (χ0) is 21.5. The quantitative estimate of drug-likeness (QED) is 0.565. The third-order valence-corrected chi connectivity index (χ3v) is 6.41. The van der Waals surface area contributed by atoms with Crippen LogP contribution in [0.25, 0.3) is 11.3 Å². The lowest BCUT2D eigenvalue weighted by molar-refractivity contribution is 0.324. The van der Waals surface area contributed by atoms with Gasteiger partial charge in [0, 0.05) is 23.2 Å². The zero-order valence-corrected chi connectivity index (χ0v) is 19.6. The number of methoxy groups -OCH3 is 3. The lowest BCUT2D eigenvalue weighted by Gasteiger charge is -2.22. The molecule has 1 saturated carbocycles. The monoisotopic (exact) mass is 431 g/mol. The van der Waals surface area contributed by atoms with E-state index >= 15 is 0 Å². The van der Waals surface area contributed by atoms with Gasteiger partial charge in [0.05, 0.1) is 27.0 Å². The Morgan fingerprint density at radius 3 is 2.23 bits per heavy atom. The van der Waals surface area contributed by atoms with Crippen molar-refractivity contribution in [2.45, 2.75) is 52.4 Å². The van der Waals surface area contributed by atoms with Crippen LogP contribution in [0, 0.1) is 5.92 Å². The highest BCUT2D eigenvalue weighted by molar-refractivity contribution is 7.07. The van der Waals surface area contributed by atoms with Crippen LogP contribution in [0.3, 0.4) is 0 Å². The first kappa shape index (κ1) is 22.4. The van der Waals surface area contributed by atoms with Crippen molar-refractivity contribution in [2.75, 3.05) is 27.9 Å². The molecule has 1 aromatic carbocycles. The molecule has 3 rings (SSSR count). The summed E-state index contributed by atoms with van der Waals surface area (Å²) >= 11 is 1.61. The first-order valence-electron chi connectivity index (χ1n) is 10.7. The van der Waals surface area contributed by atoms with Crippen molar-refractivity contribution in [3.8, 4) is 28.5 Å². The highest BCUT2D eigenvalue weighted by Gasteiger charge is 2.20. The third kappa shape index (κ3) is 4.89. The van der Waals surface area contributed by atoms with Crippen molar-refractivity contribution >= 4 is 17.0 Å². The van der Waals surface area contributed by atoms with Gasteiger partial charge in [-0.2, -0.15) is 5.10 Å². The predicted octanol–water partition coefficient (Wildman–Crippen LogP) is 5.36. The standard InChI is InChI=1S/C23H33N3O3S/c1-6-8-16-9-11-18(12-10-16)25-26-19(15-30-23(26)24-7-2)17-13-20(27-3)22(29-5)21(14-17)28-4/h13-16H,6-12H2,1-5H3. The van der Waals surface area contributed by atoms with Crippen molar-refractivity contribution in [1.29, 1.82) is 0 Å². The summed E-state index contributed by atoms with van der Waals surface area (Å²) in [5.41, 5.74) is 3.20. The Labute approximate surface area is 183 Å². The van der Waals surface area contributed by atoms with Gasteiger partial charge < -0.3 is 14.2 Å². The van der Waals surface area contributed by atoms with Gasteiger partial charge in [-0.1, -0.05) is 19.8 Å². The average Bonchev–Trinajstić information content (AvgIpc) is 3.16. The second-order valence-electron chi connectivity index (χ2n) is 7.50. The summed E-state index contributed by atoms with van der Waals surface area (Å²) in [4.78, 5) is 5.58. The van der Waals surface area contributed by atoms with Gasteiger partial charge in [-0.05, 0) is 50.7 Å². The Morgan fingerprint density at radius 1 is 1.03 bits per heavy atom. The normalized spacial score (nSPS) is 17.2. The fraction of sp³-hybridized carbons (Fsp3) is 0.565. The van der Waals surface area contributed by atoms with Crippen LogP contribution in [-0.2, 0) is 0 Å². The van der Waals surface area contributed by atoms with E-state index in [9.17, 15) is 0 Å². The number of aromatic nitrogens is 1. The van der Waals surface area contributed by atoms with Crippen LogP contribution in [0.4, 0.5) is 0 Å². The van der Waals surface area contributed by atoms with E-state index in [-0.39, 0.29) is 0 Å². The largest absolute Gasteiger partial charge is 0.493 e. The summed E-state index contributed by atoms with van der Waals surface area (Å²) in [6.07, 6.45) is 7.18. The molecule has 6 nitrogen and oxygen atoms in total. The van der Waals surface area contributed by atoms with Crippen molar-refractivity contribution in [3.05, 3.63) is 22.3 Å². The molecule has 30 heavy (non-hydrogen) atoms. The molecule has 1 heterocycles. The van der Waals surface area contributed by atoms with Crippen LogP contribution in [0.1, 0.15) is 52.4 Å². The Morgan fingerprint density at radius 2 is 1.70 bits per heavy atom. The van der Waals surface area contributed by atoms with Crippen LogP contribution in [0.15, 0.2) is 27.6 Å². The number of nitrogens with zero attached hydrogens (tertiary/aromatic N) is 3. The fourth-order valence-corrected chi connectivity index (χ4v) is 4.91. The molecule has 0 bridgehead atoms. The molecule has 164 valence electrons. The number of benzene rings is 1. The molecule has 0 amide bonds. The molecule has 0 radical (unpaired) electrons. The summed E-state index contributed by atoms with van der Waals surface area (Å²) in [6.45, 7) is 5.04. The third-order valence-electron chi connectivity index (χ3n) is 5.56. The second kappa shape index (κ2) is 10.7. The maximum Gasteiger partial charge on any atom is 0.206 e. The van der Waals surface area contributed by atoms with Gasteiger partial charge in [-0.15, -0.1) is 11.3 Å². The van der Waals surface area contributed by atoms with E-state index < -0.39 is 0 Å². The van der Waals surface area contributed by atoms with E-state index in [1.54, 1.807) is 32.7 Å². The predicted molar refractivity (Wildman–Crippen MR) is 123 cm³/mol. The lowest BCUT2D eigenvalue weighted by atomic mass is 9.85. The topological polar surface area (TPSA) is 57.3 Å². The Bertz CT molecular complexity index is 910. The minimum absolute atomic E-state index is 0.588. The van der Waals surface area contributed by atoms with Gasteiger partial charge >= 0.3 is 0 Å². The average molecular weight is 432 g/mol. The van der Waals surface area contributed by atoms with Crippen molar-refractivity contribution in [3.63, 3.8) is 0 Å². The second-order valence-corrected chi connectivity index (χ2v) is 8.34. The first-order chi connectivity index (χ1) is 14.6. The zero-order valence-electron chi connectivity index (χ0n) is 18.7. The molecule has 1 aliphatic carbocycles. The molecule has 0 aliphatic heterocycles. The molecule has 0 N–H and O–H groups in total. The molecule has 1 aliphatic rings. The van der Waals surface area contributed by atoms with E-state index in [2.05, 4.69) is 17.3 Å². The van der Waals surface area contributed by atoms with Gasteiger partial charge in [0.15, 0.2) is 11.5 Å². The smallest absolute Gasteiger partial charge is 0.206 e. The summed E-state index contributed by atoms with van der Waals surface area (Å²) in [5, 5.41) is 7.16. The van der Waals surface area contributed by atoms with E-state index in [0.29, 0.717) is 17.2 Å². The number of thiazole rings is 1. The van der Waals surface area contributed by atoms with Crippen LogP contribution < -0.4 is 19.0 Å². The number of rotatable bonds is 8. The molecule has 1 fully saturated rings. The Kier molecular flexibility index (Phi) is 7.96. The molecule has 7 heteroatoms. The first-order valence-corrected chi connectivity index (χ1v) is 11.6. The van der Waals surface area contributed by atoms with Crippen LogP contribution >= 0.6 is 11.3 Å². The maximum atomic E-state index is 5.55. The molecule has 2 aromatic rings. The maximum absolute atomic E-state index is 5.55. The van der Waals surface area contributed by atoms with Crippen molar-refractivity contribution < 1.29 is 14.2 Å². The van der Waals surface area contributed by atoms with E-state index in [0.717, 1.165) is 41.4 Å². The Balaban J connectivity index is 2.04. The van der Waals surface area contributed by atoms with E-state index in [1.807, 2.05) is 23.7 Å². The van der Waals surface area contributed by atoms with Gasteiger partial charge in [-0.25, -0.2) is 4.68 Å². The number of hydrogen-bond acceptors (Lipinski definition) is 6. The fourth-order valence-electron chi connectivity index (χ4n) is 4.02. The number of hydrogen-bond donors (Lipinski definition) is 0. The van der Waals surface area contributed by atoms with Gasteiger partial charge in [-0.3, -0.25) is 4.99 Å². The molecule has 0 atom stereocenters. The summed E-state index contributed by atoms with van der Waals surface area (Å²) in [6, 6.07) is 3.93. The van der Waals surface area contributed by atoms with E-state index in [1.165, 1.54) is 31.4 Å². The highest BCUT2D eigenvalue weighted by atomic mass is 32.1. The molecular weight excluding hydrogens is 398 g/mol. The van der Waals surface area contributed by atoms with Crippen molar-refractivity contribution in [2.24, 2.45) is 16.0 Å². The SMILES string of the molecule is CCCC1CCC(=Nn2c(-c3cc(OC)c(OC)c(OC)c3)csc2=NCC)CC1. The molecule has 0 saturated heterocycles. The highest BCUT2D eigenvalue weighted by Crippen LogP contribution is 2.41. The van der Waals surface area contributed by atoms with Crippen LogP contribution in [-0.4, -0.2) is 38.3 Å². The number of ether oxygens (including phenoxy) is 3. The molecule has 0 unspecified atom stereocenters. The van der Waals surface area contributed by atoms with Crippen LogP contribution in [0.5, 0.6) is 17.2 Å². The van der Waals surface area contributed by atoms with E-state index in [4.69, 9.17) is 19.3 Å².